The van der Waals surface area contributed by atoms with Crippen molar-refractivity contribution in [3.8, 4) is 0 Å². The van der Waals surface area contributed by atoms with Gasteiger partial charge in [0.25, 0.3) is 0 Å². The van der Waals surface area contributed by atoms with Crippen molar-refractivity contribution in [3.05, 3.63) is 94.5 Å². The van der Waals surface area contributed by atoms with Crippen LogP contribution < -0.4 is 4.90 Å². The number of halogens is 1. The topological polar surface area (TPSA) is 13.7 Å². The highest BCUT2D eigenvalue weighted by molar-refractivity contribution is 7.99. The molecule has 2 nitrogen and oxygen atoms in total. The summed E-state index contributed by atoms with van der Waals surface area (Å²) >= 11 is 8.34. The molecule has 3 aromatic carbocycles. The lowest BCUT2D eigenvalue weighted by molar-refractivity contribution is -0.966. The number of nitrogens with one attached hydrogen (secondary N) is 1. The fourth-order valence-electron chi connectivity index (χ4n) is 4.83. The van der Waals surface area contributed by atoms with E-state index >= 15 is 0 Å². The van der Waals surface area contributed by atoms with Crippen LogP contribution in [0.4, 0.5) is 0 Å². The number of fused-ring (bicyclic) bond motifs is 2. The van der Waals surface area contributed by atoms with Crippen LogP contribution in [-0.4, -0.2) is 19.2 Å². The molecule has 3 aromatic rings. The summed E-state index contributed by atoms with van der Waals surface area (Å²) in [6.45, 7) is 4.12. The highest BCUT2D eigenvalue weighted by Crippen LogP contribution is 2.41. The molecule has 2 aliphatic rings. The molecule has 0 aromatic heterocycles. The van der Waals surface area contributed by atoms with Crippen LogP contribution in [0, 0.1) is 0 Å². The van der Waals surface area contributed by atoms with Crippen molar-refractivity contribution in [1.82, 2.24) is 0 Å². The zero-order valence-electron chi connectivity index (χ0n) is 16.5. The van der Waals surface area contributed by atoms with E-state index in [4.69, 9.17) is 16.3 Å². The van der Waals surface area contributed by atoms with Gasteiger partial charge in [0.15, 0.2) is 0 Å². The van der Waals surface area contributed by atoms with Gasteiger partial charge in [-0.15, -0.1) is 0 Å². The Morgan fingerprint density at radius 3 is 2.62 bits per heavy atom. The highest BCUT2D eigenvalue weighted by atomic mass is 35.5. The van der Waals surface area contributed by atoms with E-state index in [-0.39, 0.29) is 6.10 Å². The molecule has 5 rings (SSSR count). The maximum absolute atomic E-state index is 6.46. The molecule has 1 saturated heterocycles. The minimum absolute atomic E-state index is 0.119. The average molecular weight is 423 g/mol. The van der Waals surface area contributed by atoms with Gasteiger partial charge in [-0.25, -0.2) is 0 Å². The van der Waals surface area contributed by atoms with Crippen LogP contribution in [0.15, 0.2) is 82.6 Å². The lowest BCUT2D eigenvalue weighted by Gasteiger charge is -2.41. The molecule has 0 saturated carbocycles. The van der Waals surface area contributed by atoms with E-state index < -0.39 is 0 Å². The molecule has 4 heteroatoms. The maximum atomic E-state index is 6.46. The van der Waals surface area contributed by atoms with E-state index in [1.807, 2.05) is 17.8 Å². The van der Waals surface area contributed by atoms with Gasteiger partial charge in [0.05, 0.1) is 6.61 Å². The number of quaternary nitrogens is 1. The summed E-state index contributed by atoms with van der Waals surface area (Å²) in [5.74, 6) is 0. The molecule has 0 radical (unpaired) electrons. The van der Waals surface area contributed by atoms with Crippen molar-refractivity contribution in [2.24, 2.45) is 0 Å². The summed E-state index contributed by atoms with van der Waals surface area (Å²) in [5, 5.41) is 0.820. The Hall–Kier alpha value is -1.78. The number of ether oxygens (including phenoxy) is 1. The van der Waals surface area contributed by atoms with E-state index in [1.54, 1.807) is 4.90 Å². The molecule has 4 atom stereocenters. The van der Waals surface area contributed by atoms with Crippen LogP contribution in [0.3, 0.4) is 0 Å². The number of benzene rings is 3. The third-order valence-electron chi connectivity index (χ3n) is 6.27. The monoisotopic (exact) mass is 422 g/mol. The molecule has 2 aliphatic heterocycles. The Morgan fingerprint density at radius 2 is 1.76 bits per heavy atom. The molecule has 29 heavy (non-hydrogen) atoms. The van der Waals surface area contributed by atoms with Gasteiger partial charge >= 0.3 is 0 Å². The van der Waals surface area contributed by atoms with Crippen molar-refractivity contribution in [1.29, 1.82) is 0 Å². The molecule has 1 N–H and O–H groups in total. The summed E-state index contributed by atoms with van der Waals surface area (Å²) in [5.41, 5.74) is 4.07. The van der Waals surface area contributed by atoms with Gasteiger partial charge in [-0.3, -0.25) is 0 Å². The molecule has 1 unspecified atom stereocenters. The smallest absolute Gasteiger partial charge is 0.134 e. The second-order valence-electron chi connectivity index (χ2n) is 7.96. The molecule has 0 amide bonds. The first-order chi connectivity index (χ1) is 14.2. The third-order valence-corrected chi connectivity index (χ3v) is 7.71. The van der Waals surface area contributed by atoms with Crippen molar-refractivity contribution in [2.75, 3.05) is 13.2 Å². The standard InChI is InChI=1S/C25H24ClNOS/c1-17-25(18-7-3-2-4-8-18)28-14-13-27(17)22-15-19-9-5-6-10-23(19)29-24-12-11-20(26)16-21(22)24/h2-12,16-17,22,25H,13-15H2,1H3/p+1/t17-,22+,25-/m0/s1. The molecular weight excluding hydrogens is 398 g/mol. The summed E-state index contributed by atoms with van der Waals surface area (Å²) in [6, 6.07) is 26.6. The Balaban J connectivity index is 1.56. The van der Waals surface area contributed by atoms with Gasteiger partial charge in [0.2, 0.25) is 0 Å². The van der Waals surface area contributed by atoms with Gasteiger partial charge in [0.1, 0.15) is 24.7 Å². The van der Waals surface area contributed by atoms with Crippen molar-refractivity contribution >= 4 is 23.4 Å². The van der Waals surface area contributed by atoms with E-state index in [2.05, 4.69) is 73.7 Å². The SMILES string of the molecule is C[C@H]1[C@@H](c2ccccc2)OCC[NH+]1[C@@H]1Cc2ccccc2Sc2ccc(Cl)cc21. The van der Waals surface area contributed by atoms with E-state index in [1.165, 1.54) is 26.5 Å². The van der Waals surface area contributed by atoms with Crippen LogP contribution in [-0.2, 0) is 11.2 Å². The predicted molar refractivity (Wildman–Crippen MR) is 119 cm³/mol. The van der Waals surface area contributed by atoms with Gasteiger partial charge < -0.3 is 9.64 Å². The Bertz CT molecular complexity index is 1010. The second-order valence-corrected chi connectivity index (χ2v) is 9.48. The first-order valence-electron chi connectivity index (χ1n) is 10.3. The van der Waals surface area contributed by atoms with Crippen LogP contribution >= 0.6 is 23.4 Å². The molecular formula is C25H25ClNOS+. The molecule has 0 spiro atoms. The molecule has 148 valence electrons. The van der Waals surface area contributed by atoms with Crippen LogP contribution in [0.1, 0.15) is 35.8 Å². The minimum atomic E-state index is 0.119. The average Bonchev–Trinajstić information content (AvgIpc) is 2.91. The molecule has 0 bridgehead atoms. The lowest BCUT2D eigenvalue weighted by Crippen LogP contribution is -3.18. The quantitative estimate of drug-likeness (QED) is 0.614. The zero-order chi connectivity index (χ0) is 19.8. The van der Waals surface area contributed by atoms with Crippen LogP contribution in [0.5, 0.6) is 0 Å². The predicted octanol–water partition coefficient (Wildman–Crippen LogP) is 5.13. The summed E-state index contributed by atoms with van der Waals surface area (Å²) in [6.07, 6.45) is 1.14. The fourth-order valence-corrected chi connectivity index (χ4v) is 6.13. The fraction of sp³-hybridized carbons (Fsp3) is 0.280. The largest absolute Gasteiger partial charge is 0.361 e. The van der Waals surface area contributed by atoms with Gasteiger partial charge in [-0.05, 0) is 42.3 Å². The Kier molecular flexibility index (Phi) is 5.40. The molecule has 2 heterocycles. The van der Waals surface area contributed by atoms with Gasteiger partial charge in [-0.2, -0.15) is 0 Å². The van der Waals surface area contributed by atoms with Crippen LogP contribution in [0.2, 0.25) is 5.02 Å². The van der Waals surface area contributed by atoms with E-state index in [9.17, 15) is 0 Å². The van der Waals surface area contributed by atoms with Crippen LogP contribution in [0.25, 0.3) is 0 Å². The molecule has 0 aliphatic carbocycles. The van der Waals surface area contributed by atoms with Crippen molar-refractivity contribution in [2.45, 2.75) is 41.3 Å². The van der Waals surface area contributed by atoms with Crippen molar-refractivity contribution in [3.63, 3.8) is 0 Å². The Labute approximate surface area is 181 Å². The number of morpholine rings is 1. The first-order valence-corrected chi connectivity index (χ1v) is 11.5. The minimum Gasteiger partial charge on any atom is -0.361 e. The van der Waals surface area contributed by atoms with E-state index in [0.29, 0.717) is 12.1 Å². The summed E-state index contributed by atoms with van der Waals surface area (Å²) < 4.78 is 6.26. The maximum Gasteiger partial charge on any atom is 0.134 e. The summed E-state index contributed by atoms with van der Waals surface area (Å²) in [7, 11) is 0. The second kappa shape index (κ2) is 8.16. The first kappa shape index (κ1) is 19.2. The molecule has 1 fully saturated rings. The number of hydrogen-bond acceptors (Lipinski definition) is 2. The van der Waals surface area contributed by atoms with Gasteiger partial charge in [0, 0.05) is 26.8 Å². The zero-order valence-corrected chi connectivity index (χ0v) is 18.0. The third kappa shape index (κ3) is 3.73. The number of hydrogen-bond donors (Lipinski definition) is 1. The Morgan fingerprint density at radius 1 is 0.966 bits per heavy atom. The lowest BCUT2D eigenvalue weighted by atomic mass is 9.92. The highest BCUT2D eigenvalue weighted by Gasteiger charge is 2.40. The summed E-state index contributed by atoms with van der Waals surface area (Å²) in [4.78, 5) is 4.27. The van der Waals surface area contributed by atoms with Gasteiger partial charge in [-0.1, -0.05) is 71.9 Å². The number of rotatable bonds is 2. The van der Waals surface area contributed by atoms with E-state index in [0.717, 1.165) is 24.6 Å². The normalized spacial score (nSPS) is 26.3. The van der Waals surface area contributed by atoms with Crippen molar-refractivity contribution < 1.29 is 9.64 Å².